The van der Waals surface area contributed by atoms with Crippen LogP contribution >= 0.6 is 23.2 Å². The molecule has 2 amide bonds. The van der Waals surface area contributed by atoms with Crippen molar-refractivity contribution in [2.75, 3.05) is 10.8 Å². The molecule has 3 aromatic carbocycles. The zero-order valence-electron chi connectivity index (χ0n) is 23.2. The molecule has 7 nitrogen and oxygen atoms in total. The molecule has 0 aliphatic heterocycles. The smallest absolute Gasteiger partial charge is 0.264 e. The lowest BCUT2D eigenvalue weighted by Crippen LogP contribution is -2.53. The minimum Gasteiger partial charge on any atom is -0.352 e. The third kappa shape index (κ3) is 7.61. The van der Waals surface area contributed by atoms with E-state index in [-0.39, 0.29) is 39.1 Å². The van der Waals surface area contributed by atoms with Crippen LogP contribution in [0.25, 0.3) is 0 Å². The molecule has 1 aliphatic rings. The third-order valence-electron chi connectivity index (χ3n) is 7.51. The molecule has 0 heterocycles. The summed E-state index contributed by atoms with van der Waals surface area (Å²) >= 11 is 12.7. The third-order valence-corrected chi connectivity index (χ3v) is 9.84. The second-order valence-electron chi connectivity index (χ2n) is 10.4. The Kier molecular flexibility index (Phi) is 10.3. The minimum atomic E-state index is -4.23. The maximum absolute atomic E-state index is 14.1. The van der Waals surface area contributed by atoms with Gasteiger partial charge in [0, 0.05) is 17.6 Å². The molecule has 1 fully saturated rings. The average Bonchev–Trinajstić information content (AvgIpc) is 2.97. The molecule has 218 valence electrons. The van der Waals surface area contributed by atoms with Crippen molar-refractivity contribution in [3.63, 3.8) is 0 Å². The van der Waals surface area contributed by atoms with Gasteiger partial charge in [0.15, 0.2) is 0 Å². The molecule has 0 radical (unpaired) electrons. The van der Waals surface area contributed by atoms with Crippen LogP contribution in [0.4, 0.5) is 5.69 Å². The maximum atomic E-state index is 14.1. The number of nitrogens with one attached hydrogen (secondary N) is 1. The Balaban J connectivity index is 1.71. The lowest BCUT2D eigenvalue weighted by atomic mass is 9.95. The summed E-state index contributed by atoms with van der Waals surface area (Å²) in [7, 11) is -4.23. The Morgan fingerprint density at radius 1 is 0.951 bits per heavy atom. The lowest BCUT2D eigenvalue weighted by molar-refractivity contribution is -0.139. The molecule has 0 saturated heterocycles. The molecule has 1 atom stereocenters. The van der Waals surface area contributed by atoms with Crippen molar-refractivity contribution in [2.24, 2.45) is 0 Å². The SMILES string of the molecule is Cc1ccccc1CN(C(=O)CN(c1cc(Cl)ccc1Cl)S(=O)(=O)c1ccccc1)[C@@H](C)C(=O)NC1CCCCC1. The first-order chi connectivity index (χ1) is 19.6. The Hall–Kier alpha value is -3.07. The van der Waals surface area contributed by atoms with Crippen LogP contribution in [0, 0.1) is 6.92 Å². The topological polar surface area (TPSA) is 86.8 Å². The van der Waals surface area contributed by atoms with E-state index in [9.17, 15) is 18.0 Å². The minimum absolute atomic E-state index is 0.00242. The normalized spacial score (nSPS) is 14.7. The van der Waals surface area contributed by atoms with Crippen molar-refractivity contribution in [3.05, 3.63) is 94.0 Å². The molecule has 4 rings (SSSR count). The van der Waals surface area contributed by atoms with Crippen LogP contribution in [0.15, 0.2) is 77.7 Å². The second-order valence-corrected chi connectivity index (χ2v) is 13.1. The predicted octanol–water partition coefficient (Wildman–Crippen LogP) is 6.36. The van der Waals surface area contributed by atoms with E-state index in [0.29, 0.717) is 0 Å². The summed E-state index contributed by atoms with van der Waals surface area (Å²) in [4.78, 5) is 29.0. The van der Waals surface area contributed by atoms with Crippen molar-refractivity contribution < 1.29 is 18.0 Å². The molecule has 41 heavy (non-hydrogen) atoms. The zero-order valence-corrected chi connectivity index (χ0v) is 25.6. The molecule has 1 N–H and O–H groups in total. The van der Waals surface area contributed by atoms with Crippen molar-refractivity contribution in [1.29, 1.82) is 0 Å². The fraction of sp³-hybridized carbons (Fsp3) is 0.355. The second kappa shape index (κ2) is 13.7. The zero-order chi connectivity index (χ0) is 29.6. The first-order valence-electron chi connectivity index (χ1n) is 13.7. The van der Waals surface area contributed by atoms with Gasteiger partial charge in [0.25, 0.3) is 10.0 Å². The Bertz CT molecular complexity index is 1480. The van der Waals surface area contributed by atoms with E-state index in [1.165, 1.54) is 29.2 Å². The summed E-state index contributed by atoms with van der Waals surface area (Å²) in [5.41, 5.74) is 1.89. The summed E-state index contributed by atoms with van der Waals surface area (Å²) in [5, 5.41) is 3.50. The van der Waals surface area contributed by atoms with Crippen LogP contribution in [0.5, 0.6) is 0 Å². The van der Waals surface area contributed by atoms with Crippen molar-refractivity contribution in [3.8, 4) is 0 Å². The highest BCUT2D eigenvalue weighted by Gasteiger charge is 2.34. The number of hydrogen-bond acceptors (Lipinski definition) is 4. The van der Waals surface area contributed by atoms with Gasteiger partial charge in [-0.3, -0.25) is 13.9 Å². The molecular weight excluding hydrogens is 581 g/mol. The Labute approximate surface area is 252 Å². The first-order valence-corrected chi connectivity index (χ1v) is 15.9. The number of sulfonamides is 1. The summed E-state index contributed by atoms with van der Waals surface area (Å²) in [5.74, 6) is -0.813. The number of halogens is 2. The number of nitrogens with zero attached hydrogens (tertiary/aromatic N) is 2. The largest absolute Gasteiger partial charge is 0.352 e. The van der Waals surface area contributed by atoms with Gasteiger partial charge in [0.05, 0.1) is 15.6 Å². The highest BCUT2D eigenvalue weighted by molar-refractivity contribution is 7.92. The van der Waals surface area contributed by atoms with Crippen molar-refractivity contribution >= 4 is 50.7 Å². The Morgan fingerprint density at radius 2 is 1.61 bits per heavy atom. The van der Waals surface area contributed by atoms with E-state index in [2.05, 4.69) is 5.32 Å². The summed E-state index contributed by atoms with van der Waals surface area (Å²) < 4.78 is 28.8. The van der Waals surface area contributed by atoms with Crippen LogP contribution in [0.2, 0.25) is 10.0 Å². The maximum Gasteiger partial charge on any atom is 0.264 e. The van der Waals surface area contributed by atoms with Gasteiger partial charge < -0.3 is 10.2 Å². The fourth-order valence-electron chi connectivity index (χ4n) is 5.03. The van der Waals surface area contributed by atoms with Crippen LogP contribution < -0.4 is 9.62 Å². The van der Waals surface area contributed by atoms with Crippen molar-refractivity contribution in [2.45, 2.75) is 69.5 Å². The van der Waals surface area contributed by atoms with Gasteiger partial charge in [0.2, 0.25) is 11.8 Å². The van der Waals surface area contributed by atoms with Crippen LogP contribution in [-0.4, -0.2) is 43.8 Å². The van der Waals surface area contributed by atoms with Gasteiger partial charge >= 0.3 is 0 Å². The van der Waals surface area contributed by atoms with Gasteiger partial charge in [0.1, 0.15) is 12.6 Å². The monoisotopic (exact) mass is 615 g/mol. The summed E-state index contributed by atoms with van der Waals surface area (Å²) in [6, 6.07) is 19.1. The van der Waals surface area contributed by atoms with Crippen LogP contribution in [0.3, 0.4) is 0 Å². The molecule has 0 bridgehead atoms. The van der Waals surface area contributed by atoms with Gasteiger partial charge in [-0.2, -0.15) is 0 Å². The van der Waals surface area contributed by atoms with Crippen LogP contribution in [0.1, 0.15) is 50.2 Å². The average molecular weight is 617 g/mol. The number of aryl methyl sites for hydroxylation is 1. The van der Waals surface area contributed by atoms with E-state index in [1.807, 2.05) is 31.2 Å². The number of carbonyl (C=O) groups excluding carboxylic acids is 2. The number of amides is 2. The number of anilines is 1. The number of carbonyl (C=O) groups is 2. The van der Waals surface area contributed by atoms with E-state index < -0.39 is 28.5 Å². The van der Waals surface area contributed by atoms with E-state index in [1.54, 1.807) is 31.2 Å². The Morgan fingerprint density at radius 3 is 2.29 bits per heavy atom. The fourth-order valence-corrected chi connectivity index (χ4v) is 6.91. The van der Waals surface area contributed by atoms with E-state index >= 15 is 0 Å². The molecule has 0 spiro atoms. The lowest BCUT2D eigenvalue weighted by Gasteiger charge is -2.33. The molecule has 0 unspecified atom stereocenters. The van der Waals surface area contributed by atoms with Gasteiger partial charge in [-0.1, -0.05) is 84.9 Å². The van der Waals surface area contributed by atoms with Gasteiger partial charge in [-0.05, 0) is 68.1 Å². The predicted molar refractivity (Wildman–Crippen MR) is 164 cm³/mol. The first kappa shape index (κ1) is 30.9. The van der Waals surface area contributed by atoms with Crippen LogP contribution in [-0.2, 0) is 26.2 Å². The van der Waals surface area contributed by atoms with Gasteiger partial charge in [-0.15, -0.1) is 0 Å². The van der Waals surface area contributed by atoms with Gasteiger partial charge in [-0.25, -0.2) is 8.42 Å². The summed E-state index contributed by atoms with van der Waals surface area (Å²) in [6.45, 7) is 3.16. The quantitative estimate of drug-likeness (QED) is 0.287. The number of hydrogen-bond donors (Lipinski definition) is 1. The molecule has 0 aromatic heterocycles. The highest BCUT2D eigenvalue weighted by atomic mass is 35.5. The number of benzene rings is 3. The molecule has 3 aromatic rings. The molecule has 10 heteroatoms. The standard InChI is InChI=1S/C31H35Cl2N3O4S/c1-22-11-9-10-12-24(22)20-35(23(2)31(38)34-26-13-5-3-6-14-26)30(37)21-36(29-19-25(32)17-18-28(29)33)41(39,40)27-15-7-4-8-16-27/h4,7-12,15-19,23,26H,3,5-6,13-14,20-21H2,1-2H3,(H,34,38)/t23-/m0/s1. The van der Waals surface area contributed by atoms with E-state index in [0.717, 1.165) is 47.5 Å². The van der Waals surface area contributed by atoms with E-state index in [4.69, 9.17) is 23.2 Å². The molecule has 1 saturated carbocycles. The number of rotatable bonds is 10. The summed E-state index contributed by atoms with van der Waals surface area (Å²) in [6.07, 6.45) is 5.06. The molecular formula is C31H35Cl2N3O4S. The highest BCUT2D eigenvalue weighted by Crippen LogP contribution is 2.33. The molecule has 1 aliphatic carbocycles. The van der Waals surface area contributed by atoms with Crippen molar-refractivity contribution in [1.82, 2.24) is 10.2 Å².